The Kier molecular flexibility index (Phi) is 2.95. The average molecular weight is 255 g/mol. The molecule has 0 saturated carbocycles. The van der Waals surface area contributed by atoms with Crippen molar-refractivity contribution >= 4 is 29.2 Å². The molecule has 1 heterocycles. The molecule has 2 aromatic carbocycles. The van der Waals surface area contributed by atoms with E-state index in [9.17, 15) is 0 Å². The average Bonchev–Trinajstić information content (AvgIpc) is 2.61. The lowest BCUT2D eigenvalue weighted by atomic mass is 10.1. The molecule has 0 radical (unpaired) electrons. The summed E-state index contributed by atoms with van der Waals surface area (Å²) < 4.78 is 0. The molecule has 0 aromatic heterocycles. The van der Waals surface area contributed by atoms with Crippen LogP contribution in [0.15, 0.2) is 58.5 Å². The van der Waals surface area contributed by atoms with E-state index in [1.165, 1.54) is 0 Å². The van der Waals surface area contributed by atoms with Crippen molar-refractivity contribution in [2.24, 2.45) is 9.98 Å². The molecule has 0 N–H and O–H groups in total. The maximum absolute atomic E-state index is 5.97. The van der Waals surface area contributed by atoms with Crippen molar-refractivity contribution in [1.82, 2.24) is 0 Å². The van der Waals surface area contributed by atoms with Crippen molar-refractivity contribution in [3.05, 3.63) is 64.7 Å². The summed E-state index contributed by atoms with van der Waals surface area (Å²) in [6.07, 6.45) is 1.83. The number of nitrogens with zero attached hydrogens (tertiary/aromatic N) is 2. The van der Waals surface area contributed by atoms with E-state index in [0.717, 1.165) is 22.5 Å². The predicted molar refractivity (Wildman–Crippen MR) is 76.6 cm³/mol. The van der Waals surface area contributed by atoms with Crippen molar-refractivity contribution in [2.75, 3.05) is 6.54 Å². The van der Waals surface area contributed by atoms with Gasteiger partial charge < -0.3 is 0 Å². The van der Waals surface area contributed by atoms with Gasteiger partial charge in [-0.05, 0) is 23.8 Å². The highest BCUT2D eigenvalue weighted by Gasteiger charge is 2.08. The molecule has 0 unspecified atom stereocenters. The first-order valence-corrected chi connectivity index (χ1v) is 6.13. The minimum atomic E-state index is 0.594. The zero-order valence-corrected chi connectivity index (χ0v) is 10.4. The Bertz CT molecular complexity index is 630. The van der Waals surface area contributed by atoms with Gasteiger partial charge in [0, 0.05) is 16.8 Å². The fraction of sp³-hybridized carbons (Fsp3) is 0.0667. The van der Waals surface area contributed by atoms with E-state index in [4.69, 9.17) is 11.6 Å². The van der Waals surface area contributed by atoms with Gasteiger partial charge in [0.15, 0.2) is 0 Å². The topological polar surface area (TPSA) is 24.7 Å². The van der Waals surface area contributed by atoms with Crippen LogP contribution in [0, 0.1) is 0 Å². The molecule has 1 aliphatic rings. The molecule has 0 atom stereocenters. The summed E-state index contributed by atoms with van der Waals surface area (Å²) in [6, 6.07) is 15.8. The van der Waals surface area contributed by atoms with Crippen LogP contribution in [0.1, 0.15) is 11.1 Å². The lowest BCUT2D eigenvalue weighted by Gasteiger charge is -2.03. The lowest BCUT2D eigenvalue weighted by Crippen LogP contribution is -2.03. The van der Waals surface area contributed by atoms with Crippen LogP contribution < -0.4 is 0 Å². The van der Waals surface area contributed by atoms with E-state index in [2.05, 4.69) is 22.1 Å². The number of aliphatic imine (C=N–C) groups is 2. The molecule has 0 amide bonds. The summed E-state index contributed by atoms with van der Waals surface area (Å²) in [6.45, 7) is 0.594. The van der Waals surface area contributed by atoms with Gasteiger partial charge in [-0.15, -0.1) is 0 Å². The Labute approximate surface area is 111 Å². The molecule has 3 heteroatoms. The molecule has 3 rings (SSSR count). The van der Waals surface area contributed by atoms with Gasteiger partial charge in [-0.1, -0.05) is 41.9 Å². The first-order chi connectivity index (χ1) is 8.83. The monoisotopic (exact) mass is 254 g/mol. The van der Waals surface area contributed by atoms with Crippen molar-refractivity contribution in [3.8, 4) is 0 Å². The smallest absolute Gasteiger partial charge is 0.0818 e. The normalized spacial score (nSPS) is 13.7. The Morgan fingerprint density at radius 3 is 2.67 bits per heavy atom. The first-order valence-electron chi connectivity index (χ1n) is 5.75. The Balaban J connectivity index is 2.09. The van der Waals surface area contributed by atoms with Crippen LogP contribution in [0.25, 0.3) is 0 Å². The summed E-state index contributed by atoms with van der Waals surface area (Å²) in [7, 11) is 0. The van der Waals surface area contributed by atoms with Crippen LogP contribution in [-0.4, -0.2) is 18.5 Å². The number of fused-ring (bicyclic) bond motifs is 1. The molecule has 0 fully saturated rings. The van der Waals surface area contributed by atoms with E-state index in [-0.39, 0.29) is 0 Å². The number of halogens is 1. The van der Waals surface area contributed by atoms with Crippen molar-refractivity contribution in [3.63, 3.8) is 0 Å². The second kappa shape index (κ2) is 4.75. The van der Waals surface area contributed by atoms with Gasteiger partial charge in [-0.2, -0.15) is 0 Å². The summed E-state index contributed by atoms with van der Waals surface area (Å²) >= 11 is 5.97. The second-order valence-corrected chi connectivity index (χ2v) is 4.53. The van der Waals surface area contributed by atoms with Crippen molar-refractivity contribution in [1.29, 1.82) is 0 Å². The lowest BCUT2D eigenvalue weighted by molar-refractivity contribution is 1.30. The molecule has 2 aromatic rings. The summed E-state index contributed by atoms with van der Waals surface area (Å²) in [5.41, 5.74) is 3.97. The summed E-state index contributed by atoms with van der Waals surface area (Å²) in [4.78, 5) is 9.08. The zero-order valence-electron chi connectivity index (χ0n) is 9.68. The van der Waals surface area contributed by atoms with Gasteiger partial charge in [-0.3, -0.25) is 9.98 Å². The van der Waals surface area contributed by atoms with Crippen LogP contribution in [0.5, 0.6) is 0 Å². The van der Waals surface area contributed by atoms with Gasteiger partial charge in [-0.25, -0.2) is 0 Å². The molecule has 0 saturated heterocycles. The quantitative estimate of drug-likeness (QED) is 0.738. The van der Waals surface area contributed by atoms with Crippen LogP contribution in [0.3, 0.4) is 0 Å². The highest BCUT2D eigenvalue weighted by Crippen LogP contribution is 2.24. The van der Waals surface area contributed by atoms with Gasteiger partial charge in [0.1, 0.15) is 0 Å². The highest BCUT2D eigenvalue weighted by atomic mass is 35.5. The number of rotatable bonds is 1. The summed E-state index contributed by atoms with van der Waals surface area (Å²) in [5, 5.41) is 0.707. The first kappa shape index (κ1) is 11.2. The van der Waals surface area contributed by atoms with Crippen LogP contribution in [-0.2, 0) is 0 Å². The fourth-order valence-corrected chi connectivity index (χ4v) is 2.11. The Morgan fingerprint density at radius 1 is 1.00 bits per heavy atom. The molecular formula is C15H11ClN2. The van der Waals surface area contributed by atoms with E-state index < -0.39 is 0 Å². The zero-order chi connectivity index (χ0) is 12.4. The van der Waals surface area contributed by atoms with Gasteiger partial charge >= 0.3 is 0 Å². The van der Waals surface area contributed by atoms with Crippen LogP contribution in [0.4, 0.5) is 5.69 Å². The third-order valence-electron chi connectivity index (χ3n) is 2.82. The second-order valence-electron chi connectivity index (χ2n) is 4.10. The number of hydrogen-bond acceptors (Lipinski definition) is 2. The van der Waals surface area contributed by atoms with Gasteiger partial charge in [0.25, 0.3) is 0 Å². The maximum atomic E-state index is 5.97. The minimum absolute atomic E-state index is 0.594. The Morgan fingerprint density at radius 2 is 1.83 bits per heavy atom. The van der Waals surface area contributed by atoms with E-state index in [1.54, 1.807) is 0 Å². The predicted octanol–water partition coefficient (Wildman–Crippen LogP) is 3.89. The van der Waals surface area contributed by atoms with E-state index in [0.29, 0.717) is 11.6 Å². The third-order valence-corrected chi connectivity index (χ3v) is 3.06. The number of benzene rings is 2. The Hall–Kier alpha value is -1.93. The minimum Gasteiger partial charge on any atom is -0.286 e. The molecule has 0 bridgehead atoms. The van der Waals surface area contributed by atoms with Crippen molar-refractivity contribution in [2.45, 2.75) is 0 Å². The van der Waals surface area contributed by atoms with Crippen LogP contribution >= 0.6 is 11.6 Å². The molecule has 88 valence electrons. The van der Waals surface area contributed by atoms with Crippen LogP contribution in [0.2, 0.25) is 5.02 Å². The molecule has 2 nitrogen and oxygen atoms in total. The van der Waals surface area contributed by atoms with E-state index in [1.807, 2.05) is 42.6 Å². The molecule has 0 spiro atoms. The van der Waals surface area contributed by atoms with Gasteiger partial charge in [0.2, 0.25) is 0 Å². The summed E-state index contributed by atoms with van der Waals surface area (Å²) in [5.74, 6) is 0. The molecule has 1 aliphatic heterocycles. The molecule has 0 aliphatic carbocycles. The number of hydrogen-bond donors (Lipinski definition) is 0. The fourth-order valence-electron chi connectivity index (χ4n) is 1.93. The van der Waals surface area contributed by atoms with E-state index >= 15 is 0 Å². The SMILES string of the molecule is Clc1ccc2c(c1)C=NCC(c1ccccc1)=N2. The largest absolute Gasteiger partial charge is 0.286 e. The molecular weight excluding hydrogens is 244 g/mol. The highest BCUT2D eigenvalue weighted by molar-refractivity contribution is 6.31. The standard InChI is InChI=1S/C15H11ClN2/c16-13-6-7-14-12(8-13)9-17-10-15(18-14)11-4-2-1-3-5-11/h1-9H,10H2. The van der Waals surface area contributed by atoms with Gasteiger partial charge in [0.05, 0.1) is 17.9 Å². The third kappa shape index (κ3) is 2.20. The maximum Gasteiger partial charge on any atom is 0.0818 e. The van der Waals surface area contributed by atoms with Crippen molar-refractivity contribution < 1.29 is 0 Å². The molecule has 18 heavy (non-hydrogen) atoms.